The SMILES string of the molecule is c1ccc2nc(CNCCN3CCCC3)cnc2c1. The molecule has 0 radical (unpaired) electrons. The molecule has 2 heterocycles. The van der Waals surface area contributed by atoms with Crippen LogP contribution in [0.3, 0.4) is 0 Å². The van der Waals surface area contributed by atoms with E-state index < -0.39 is 0 Å². The molecule has 4 heteroatoms. The summed E-state index contributed by atoms with van der Waals surface area (Å²) in [5, 5.41) is 3.45. The summed E-state index contributed by atoms with van der Waals surface area (Å²) in [4.78, 5) is 11.5. The normalized spacial score (nSPS) is 16.2. The van der Waals surface area contributed by atoms with E-state index in [1.807, 2.05) is 30.5 Å². The summed E-state index contributed by atoms with van der Waals surface area (Å²) in [6, 6.07) is 8.00. The molecule has 4 nitrogen and oxygen atoms in total. The number of para-hydroxylation sites is 2. The molecule has 100 valence electrons. The summed E-state index contributed by atoms with van der Waals surface area (Å²) in [7, 11) is 0. The second-order valence-electron chi connectivity index (χ2n) is 5.08. The van der Waals surface area contributed by atoms with Gasteiger partial charge in [-0.15, -0.1) is 0 Å². The maximum Gasteiger partial charge on any atom is 0.0890 e. The Morgan fingerprint density at radius 1 is 1.11 bits per heavy atom. The van der Waals surface area contributed by atoms with Crippen molar-refractivity contribution in [3.05, 3.63) is 36.2 Å². The zero-order chi connectivity index (χ0) is 12.9. The quantitative estimate of drug-likeness (QED) is 0.828. The Balaban J connectivity index is 1.50. The summed E-state index contributed by atoms with van der Waals surface area (Å²) in [6.45, 7) is 5.48. The fourth-order valence-electron chi connectivity index (χ4n) is 2.54. The molecule has 0 aliphatic carbocycles. The molecular weight excluding hydrogens is 236 g/mol. The third kappa shape index (κ3) is 3.28. The third-order valence-corrected chi connectivity index (χ3v) is 3.61. The van der Waals surface area contributed by atoms with E-state index in [0.29, 0.717) is 0 Å². The first-order valence-corrected chi connectivity index (χ1v) is 7.05. The van der Waals surface area contributed by atoms with Gasteiger partial charge in [0.25, 0.3) is 0 Å². The van der Waals surface area contributed by atoms with Crippen molar-refractivity contribution in [2.24, 2.45) is 0 Å². The van der Waals surface area contributed by atoms with Crippen LogP contribution in [0, 0.1) is 0 Å². The van der Waals surface area contributed by atoms with Crippen LogP contribution in [-0.2, 0) is 6.54 Å². The second-order valence-corrected chi connectivity index (χ2v) is 5.08. The smallest absolute Gasteiger partial charge is 0.0890 e. The Bertz CT molecular complexity index is 534. The minimum Gasteiger partial charge on any atom is -0.310 e. The van der Waals surface area contributed by atoms with Gasteiger partial charge in [-0.25, -0.2) is 4.98 Å². The van der Waals surface area contributed by atoms with Gasteiger partial charge in [-0.1, -0.05) is 12.1 Å². The molecular formula is C15H20N4. The molecule has 1 aromatic carbocycles. The molecule has 0 spiro atoms. The van der Waals surface area contributed by atoms with E-state index in [-0.39, 0.29) is 0 Å². The van der Waals surface area contributed by atoms with Crippen LogP contribution in [0.1, 0.15) is 18.5 Å². The van der Waals surface area contributed by atoms with Gasteiger partial charge in [-0.2, -0.15) is 0 Å². The van der Waals surface area contributed by atoms with Gasteiger partial charge in [-0.05, 0) is 38.1 Å². The average molecular weight is 256 g/mol. The molecule has 1 fully saturated rings. The van der Waals surface area contributed by atoms with Crippen molar-refractivity contribution < 1.29 is 0 Å². The van der Waals surface area contributed by atoms with Crippen LogP contribution in [-0.4, -0.2) is 41.0 Å². The van der Waals surface area contributed by atoms with Gasteiger partial charge in [0.15, 0.2) is 0 Å². The van der Waals surface area contributed by atoms with Gasteiger partial charge in [0.05, 0.1) is 22.9 Å². The highest BCUT2D eigenvalue weighted by Crippen LogP contribution is 2.08. The van der Waals surface area contributed by atoms with E-state index in [1.165, 1.54) is 25.9 Å². The highest BCUT2D eigenvalue weighted by Gasteiger charge is 2.10. The Kier molecular flexibility index (Phi) is 4.01. The van der Waals surface area contributed by atoms with Crippen LogP contribution in [0.5, 0.6) is 0 Å². The number of hydrogen-bond donors (Lipinski definition) is 1. The average Bonchev–Trinajstić information content (AvgIpc) is 2.97. The summed E-state index contributed by atoms with van der Waals surface area (Å²) >= 11 is 0. The third-order valence-electron chi connectivity index (χ3n) is 3.61. The number of likely N-dealkylation sites (tertiary alicyclic amines) is 1. The predicted octanol–water partition coefficient (Wildman–Crippen LogP) is 1.82. The fraction of sp³-hybridized carbons (Fsp3) is 0.467. The Labute approximate surface area is 113 Å². The lowest BCUT2D eigenvalue weighted by atomic mass is 10.3. The highest BCUT2D eigenvalue weighted by molar-refractivity contribution is 5.73. The van der Waals surface area contributed by atoms with Gasteiger partial charge in [-0.3, -0.25) is 4.98 Å². The highest BCUT2D eigenvalue weighted by atomic mass is 15.1. The molecule has 0 bridgehead atoms. The lowest BCUT2D eigenvalue weighted by Gasteiger charge is -2.14. The van der Waals surface area contributed by atoms with Crippen molar-refractivity contribution in [1.29, 1.82) is 0 Å². The number of nitrogens with zero attached hydrogens (tertiary/aromatic N) is 3. The van der Waals surface area contributed by atoms with Crippen LogP contribution in [0.2, 0.25) is 0 Å². The Morgan fingerprint density at radius 3 is 2.74 bits per heavy atom. The van der Waals surface area contributed by atoms with E-state index in [9.17, 15) is 0 Å². The van der Waals surface area contributed by atoms with Gasteiger partial charge >= 0.3 is 0 Å². The van der Waals surface area contributed by atoms with Crippen molar-refractivity contribution in [2.45, 2.75) is 19.4 Å². The topological polar surface area (TPSA) is 41.1 Å². The van der Waals surface area contributed by atoms with Crippen LogP contribution < -0.4 is 5.32 Å². The second kappa shape index (κ2) is 6.08. The van der Waals surface area contributed by atoms with Gasteiger partial charge in [0, 0.05) is 19.6 Å². The molecule has 1 aliphatic heterocycles. The van der Waals surface area contributed by atoms with Crippen molar-refractivity contribution in [1.82, 2.24) is 20.2 Å². The molecule has 0 saturated carbocycles. The fourth-order valence-corrected chi connectivity index (χ4v) is 2.54. The van der Waals surface area contributed by atoms with E-state index in [1.54, 1.807) is 0 Å². The standard InChI is InChI=1S/C15H20N4/c1-2-6-15-14(5-1)17-12-13(18-15)11-16-7-10-19-8-3-4-9-19/h1-2,5-6,12,16H,3-4,7-11H2. The number of hydrogen-bond acceptors (Lipinski definition) is 4. The molecule has 1 N–H and O–H groups in total. The first-order valence-electron chi connectivity index (χ1n) is 7.05. The summed E-state index contributed by atoms with van der Waals surface area (Å²) < 4.78 is 0. The summed E-state index contributed by atoms with van der Waals surface area (Å²) in [5.74, 6) is 0. The van der Waals surface area contributed by atoms with Crippen molar-refractivity contribution in [3.63, 3.8) is 0 Å². The van der Waals surface area contributed by atoms with Crippen molar-refractivity contribution in [3.8, 4) is 0 Å². The molecule has 0 atom stereocenters. The van der Waals surface area contributed by atoms with Gasteiger partial charge in [0.2, 0.25) is 0 Å². The molecule has 1 aliphatic rings. The first-order chi connectivity index (χ1) is 9.42. The van der Waals surface area contributed by atoms with E-state index >= 15 is 0 Å². The summed E-state index contributed by atoms with van der Waals surface area (Å²) in [5.41, 5.74) is 2.95. The van der Waals surface area contributed by atoms with Crippen molar-refractivity contribution >= 4 is 11.0 Å². The Hall–Kier alpha value is -1.52. The van der Waals surface area contributed by atoms with E-state index in [4.69, 9.17) is 0 Å². The van der Waals surface area contributed by atoms with Gasteiger partial charge in [0.1, 0.15) is 0 Å². The minimum atomic E-state index is 0.797. The number of nitrogens with one attached hydrogen (secondary N) is 1. The van der Waals surface area contributed by atoms with Crippen LogP contribution in [0.15, 0.2) is 30.5 Å². The zero-order valence-corrected chi connectivity index (χ0v) is 11.2. The molecule has 0 amide bonds. The number of benzene rings is 1. The van der Waals surface area contributed by atoms with E-state index in [2.05, 4.69) is 20.2 Å². The first kappa shape index (κ1) is 12.5. The van der Waals surface area contributed by atoms with Crippen LogP contribution >= 0.6 is 0 Å². The lowest BCUT2D eigenvalue weighted by Crippen LogP contribution is -2.29. The molecule has 2 aromatic rings. The maximum absolute atomic E-state index is 4.61. The predicted molar refractivity (Wildman–Crippen MR) is 76.9 cm³/mol. The Morgan fingerprint density at radius 2 is 1.89 bits per heavy atom. The molecule has 19 heavy (non-hydrogen) atoms. The number of aromatic nitrogens is 2. The maximum atomic E-state index is 4.61. The zero-order valence-electron chi connectivity index (χ0n) is 11.2. The van der Waals surface area contributed by atoms with Gasteiger partial charge < -0.3 is 10.2 Å². The van der Waals surface area contributed by atoms with Crippen LogP contribution in [0.4, 0.5) is 0 Å². The largest absolute Gasteiger partial charge is 0.310 e. The molecule has 1 saturated heterocycles. The summed E-state index contributed by atoms with van der Waals surface area (Å²) in [6.07, 6.45) is 4.58. The van der Waals surface area contributed by atoms with E-state index in [0.717, 1.165) is 36.4 Å². The number of fused-ring (bicyclic) bond motifs is 1. The lowest BCUT2D eigenvalue weighted by molar-refractivity contribution is 0.335. The van der Waals surface area contributed by atoms with Crippen LogP contribution in [0.25, 0.3) is 11.0 Å². The molecule has 3 rings (SSSR count). The molecule has 0 unspecified atom stereocenters. The number of rotatable bonds is 5. The molecule has 1 aromatic heterocycles. The monoisotopic (exact) mass is 256 g/mol. The van der Waals surface area contributed by atoms with Crippen molar-refractivity contribution in [2.75, 3.05) is 26.2 Å². The minimum absolute atomic E-state index is 0.797.